The van der Waals surface area contributed by atoms with Crippen LogP contribution in [-0.2, 0) is 17.4 Å². The zero-order valence-corrected chi connectivity index (χ0v) is 8.15. The maximum atomic E-state index is 11.7. The first-order valence-corrected chi connectivity index (χ1v) is 4.42. The summed E-state index contributed by atoms with van der Waals surface area (Å²) >= 11 is 0. The normalized spacial score (nSPS) is 25.2. The summed E-state index contributed by atoms with van der Waals surface area (Å²) in [6.07, 6.45) is 1.55. The summed E-state index contributed by atoms with van der Waals surface area (Å²) in [4.78, 5) is 22.8. The lowest BCUT2D eigenvalue weighted by Crippen LogP contribution is -2.51. The molecular formula is C8H11N5O2. The number of imide groups is 1. The highest BCUT2D eigenvalue weighted by atomic mass is 16.2. The van der Waals surface area contributed by atoms with Crippen molar-refractivity contribution in [1.29, 1.82) is 0 Å². The largest absolute Gasteiger partial charge is 0.327 e. The average Bonchev–Trinajstić information content (AvgIpc) is 2.71. The second kappa shape index (κ2) is 3.06. The van der Waals surface area contributed by atoms with Gasteiger partial charge in [0.05, 0.1) is 5.69 Å². The van der Waals surface area contributed by atoms with Crippen molar-refractivity contribution < 1.29 is 9.59 Å². The number of rotatable bonds is 2. The highest BCUT2D eigenvalue weighted by Gasteiger charge is 2.48. The minimum absolute atomic E-state index is 0.00981. The summed E-state index contributed by atoms with van der Waals surface area (Å²) in [5.41, 5.74) is 4.94. The number of hydrogen-bond acceptors (Lipinski definition) is 4. The molecule has 0 aliphatic carbocycles. The zero-order chi connectivity index (χ0) is 11.1. The van der Waals surface area contributed by atoms with Crippen molar-refractivity contribution in [3.8, 4) is 0 Å². The minimum atomic E-state index is -1.19. The summed E-state index contributed by atoms with van der Waals surface area (Å²) in [7, 11) is 1.69. The van der Waals surface area contributed by atoms with Crippen molar-refractivity contribution in [2.75, 3.05) is 6.54 Å². The number of hydrogen-bond donors (Lipinski definition) is 3. The van der Waals surface area contributed by atoms with Gasteiger partial charge < -0.3 is 11.1 Å². The van der Waals surface area contributed by atoms with Crippen LogP contribution in [0.2, 0.25) is 0 Å². The Balaban J connectivity index is 2.51. The van der Waals surface area contributed by atoms with Gasteiger partial charge in [-0.25, -0.2) is 4.79 Å². The molecule has 0 bridgehead atoms. The lowest BCUT2D eigenvalue weighted by Gasteiger charge is -2.23. The summed E-state index contributed by atoms with van der Waals surface area (Å²) in [5.74, 6) is -0.446. The number of aromatic nitrogens is 2. The van der Waals surface area contributed by atoms with Crippen LogP contribution in [0.4, 0.5) is 4.79 Å². The third-order valence-electron chi connectivity index (χ3n) is 2.51. The van der Waals surface area contributed by atoms with Crippen LogP contribution in [0.5, 0.6) is 0 Å². The molecule has 1 saturated heterocycles. The van der Waals surface area contributed by atoms with E-state index in [1.807, 2.05) is 0 Å². The molecule has 80 valence electrons. The number of carbonyl (C=O) groups excluding carboxylic acids is 2. The molecule has 7 nitrogen and oxygen atoms in total. The van der Waals surface area contributed by atoms with Crippen LogP contribution in [0.3, 0.4) is 0 Å². The van der Waals surface area contributed by atoms with E-state index in [0.29, 0.717) is 5.69 Å². The monoisotopic (exact) mass is 209 g/mol. The Bertz CT molecular complexity index is 426. The molecule has 0 saturated carbocycles. The fourth-order valence-electron chi connectivity index (χ4n) is 1.71. The Labute approximate surface area is 85.6 Å². The fourth-order valence-corrected chi connectivity index (χ4v) is 1.71. The van der Waals surface area contributed by atoms with Crippen molar-refractivity contribution in [2.24, 2.45) is 12.8 Å². The van der Waals surface area contributed by atoms with E-state index in [-0.39, 0.29) is 6.54 Å². The van der Waals surface area contributed by atoms with Crippen molar-refractivity contribution in [1.82, 2.24) is 20.4 Å². The summed E-state index contributed by atoms with van der Waals surface area (Å²) in [6, 6.07) is 1.12. The SMILES string of the molecule is Cn1nccc1[C@]1(CN)NC(=O)NC1=O. The molecule has 1 fully saturated rings. The van der Waals surface area contributed by atoms with Gasteiger partial charge >= 0.3 is 6.03 Å². The van der Waals surface area contributed by atoms with E-state index >= 15 is 0 Å². The molecule has 1 aliphatic heterocycles. The first-order valence-electron chi connectivity index (χ1n) is 4.42. The Hall–Kier alpha value is -1.89. The second-order valence-electron chi connectivity index (χ2n) is 3.36. The van der Waals surface area contributed by atoms with Crippen LogP contribution in [0.1, 0.15) is 5.69 Å². The van der Waals surface area contributed by atoms with Crippen molar-refractivity contribution >= 4 is 11.9 Å². The fraction of sp³-hybridized carbons (Fsp3) is 0.375. The van der Waals surface area contributed by atoms with Gasteiger partial charge in [-0.2, -0.15) is 5.10 Å². The van der Waals surface area contributed by atoms with Gasteiger partial charge in [0.1, 0.15) is 0 Å². The zero-order valence-electron chi connectivity index (χ0n) is 8.15. The van der Waals surface area contributed by atoms with Gasteiger partial charge in [0.25, 0.3) is 5.91 Å². The van der Waals surface area contributed by atoms with E-state index < -0.39 is 17.5 Å². The molecule has 1 aromatic rings. The number of nitrogens with zero attached hydrogens (tertiary/aromatic N) is 2. The van der Waals surface area contributed by atoms with Gasteiger partial charge in [0, 0.05) is 19.8 Å². The van der Waals surface area contributed by atoms with E-state index in [2.05, 4.69) is 15.7 Å². The first-order chi connectivity index (χ1) is 7.10. The van der Waals surface area contributed by atoms with Gasteiger partial charge in [0.2, 0.25) is 0 Å². The molecule has 15 heavy (non-hydrogen) atoms. The third kappa shape index (κ3) is 1.20. The second-order valence-corrected chi connectivity index (χ2v) is 3.36. The maximum Gasteiger partial charge on any atom is 0.322 e. The van der Waals surface area contributed by atoms with Crippen LogP contribution >= 0.6 is 0 Å². The number of nitrogens with two attached hydrogens (primary N) is 1. The van der Waals surface area contributed by atoms with Gasteiger partial charge in [-0.15, -0.1) is 0 Å². The lowest BCUT2D eigenvalue weighted by atomic mass is 9.95. The van der Waals surface area contributed by atoms with Crippen LogP contribution in [0, 0.1) is 0 Å². The molecule has 0 spiro atoms. The lowest BCUT2D eigenvalue weighted by molar-refractivity contribution is -0.124. The number of urea groups is 1. The van der Waals surface area contributed by atoms with Crippen LogP contribution in [0.15, 0.2) is 12.3 Å². The van der Waals surface area contributed by atoms with Crippen LogP contribution in [0.25, 0.3) is 0 Å². The highest BCUT2D eigenvalue weighted by Crippen LogP contribution is 2.22. The molecule has 2 rings (SSSR count). The van der Waals surface area contributed by atoms with E-state index in [1.165, 1.54) is 4.68 Å². The number of amides is 3. The molecule has 1 aromatic heterocycles. The Morgan fingerprint density at radius 1 is 1.60 bits per heavy atom. The summed E-state index contributed by atoms with van der Waals surface area (Å²) in [6.45, 7) is -0.00981. The number of aryl methyl sites for hydroxylation is 1. The topological polar surface area (TPSA) is 102 Å². The predicted molar refractivity (Wildman–Crippen MR) is 50.6 cm³/mol. The van der Waals surface area contributed by atoms with Crippen LogP contribution < -0.4 is 16.4 Å². The number of nitrogens with one attached hydrogen (secondary N) is 2. The summed E-state index contributed by atoms with van der Waals surface area (Å²) in [5, 5.41) is 8.63. The highest BCUT2D eigenvalue weighted by molar-refractivity contribution is 6.07. The Morgan fingerprint density at radius 3 is 2.73 bits per heavy atom. The molecule has 0 aromatic carbocycles. The maximum absolute atomic E-state index is 11.7. The Morgan fingerprint density at radius 2 is 2.33 bits per heavy atom. The Kier molecular flexibility index (Phi) is 1.97. The third-order valence-corrected chi connectivity index (χ3v) is 2.51. The molecule has 3 amide bonds. The molecule has 2 heterocycles. The molecule has 0 unspecified atom stereocenters. The summed E-state index contributed by atoms with van der Waals surface area (Å²) < 4.78 is 1.51. The minimum Gasteiger partial charge on any atom is -0.327 e. The van der Waals surface area contributed by atoms with Gasteiger partial charge in [0.15, 0.2) is 5.54 Å². The molecule has 1 atom stereocenters. The van der Waals surface area contributed by atoms with Gasteiger partial charge in [-0.3, -0.25) is 14.8 Å². The van der Waals surface area contributed by atoms with Crippen LogP contribution in [-0.4, -0.2) is 28.3 Å². The predicted octanol–water partition coefficient (Wildman–Crippen LogP) is -1.59. The van der Waals surface area contributed by atoms with Gasteiger partial charge in [-0.05, 0) is 6.07 Å². The molecular weight excluding hydrogens is 198 g/mol. The quantitative estimate of drug-likeness (QED) is 0.511. The molecule has 0 radical (unpaired) electrons. The van der Waals surface area contributed by atoms with E-state index in [9.17, 15) is 9.59 Å². The van der Waals surface area contributed by atoms with Crippen molar-refractivity contribution in [3.63, 3.8) is 0 Å². The molecule has 7 heteroatoms. The van der Waals surface area contributed by atoms with E-state index in [0.717, 1.165) is 0 Å². The first kappa shape index (κ1) is 9.66. The van der Waals surface area contributed by atoms with Gasteiger partial charge in [-0.1, -0.05) is 0 Å². The van der Waals surface area contributed by atoms with E-state index in [4.69, 9.17) is 5.73 Å². The number of carbonyl (C=O) groups is 2. The standard InChI is InChI=1S/C8H11N5O2/c1-13-5(2-3-10-13)8(4-9)6(14)11-7(15)12-8/h2-3H,4,9H2,1H3,(H2,11,12,14,15)/t8-/m0/s1. The van der Waals surface area contributed by atoms with E-state index in [1.54, 1.807) is 19.3 Å². The molecule has 1 aliphatic rings. The molecule has 4 N–H and O–H groups in total. The van der Waals surface area contributed by atoms with Crippen molar-refractivity contribution in [3.05, 3.63) is 18.0 Å². The van der Waals surface area contributed by atoms with Crippen molar-refractivity contribution in [2.45, 2.75) is 5.54 Å². The smallest absolute Gasteiger partial charge is 0.322 e. The average molecular weight is 209 g/mol.